The number of hydrogen-bond donors (Lipinski definition) is 1. The highest BCUT2D eigenvalue weighted by Gasteiger charge is 2.28. The number of piperidine rings is 1. The third-order valence-corrected chi connectivity index (χ3v) is 5.76. The second-order valence-electron chi connectivity index (χ2n) is 7.76. The van der Waals surface area contributed by atoms with Gasteiger partial charge in [0.25, 0.3) is 0 Å². The van der Waals surface area contributed by atoms with Crippen molar-refractivity contribution in [2.45, 2.75) is 25.8 Å². The standard InChI is InChI=1S/C23H27N3O2/c27-22(26-14-12-18-7-4-5-8-19(18)16-26)17-25-13-6-9-20(15-25)23(28)24-21-10-2-1-3-11-21/h1-5,7-8,10-11,20H,6,9,12-17H2,(H,24,28)/t20-/m1/s1. The fourth-order valence-electron chi connectivity index (χ4n) is 4.18. The summed E-state index contributed by atoms with van der Waals surface area (Å²) in [6.07, 6.45) is 2.74. The summed E-state index contributed by atoms with van der Waals surface area (Å²) in [6, 6.07) is 17.9. The summed E-state index contributed by atoms with van der Waals surface area (Å²) >= 11 is 0. The first-order valence-electron chi connectivity index (χ1n) is 10.1. The molecule has 28 heavy (non-hydrogen) atoms. The lowest BCUT2D eigenvalue weighted by Gasteiger charge is -2.34. The molecule has 5 nitrogen and oxygen atoms in total. The molecule has 0 bridgehead atoms. The Hall–Kier alpha value is -2.66. The highest BCUT2D eigenvalue weighted by molar-refractivity contribution is 5.92. The second kappa shape index (κ2) is 8.57. The molecule has 2 aliphatic rings. The fourth-order valence-corrected chi connectivity index (χ4v) is 4.18. The summed E-state index contributed by atoms with van der Waals surface area (Å²) in [4.78, 5) is 29.5. The van der Waals surface area contributed by atoms with Crippen LogP contribution in [-0.4, -0.2) is 47.8 Å². The maximum absolute atomic E-state index is 12.8. The lowest BCUT2D eigenvalue weighted by atomic mass is 9.96. The van der Waals surface area contributed by atoms with Gasteiger partial charge in [0.15, 0.2) is 0 Å². The van der Waals surface area contributed by atoms with Crippen LogP contribution in [0.2, 0.25) is 0 Å². The normalized spacial score (nSPS) is 19.7. The van der Waals surface area contributed by atoms with Gasteiger partial charge in [0.1, 0.15) is 0 Å². The van der Waals surface area contributed by atoms with E-state index in [0.29, 0.717) is 19.6 Å². The van der Waals surface area contributed by atoms with Gasteiger partial charge in [-0.2, -0.15) is 0 Å². The molecule has 2 aromatic carbocycles. The Bertz CT molecular complexity index is 837. The van der Waals surface area contributed by atoms with Crippen molar-refractivity contribution in [3.63, 3.8) is 0 Å². The van der Waals surface area contributed by atoms with Crippen LogP contribution >= 0.6 is 0 Å². The van der Waals surface area contributed by atoms with Crippen LogP contribution in [0, 0.1) is 5.92 Å². The van der Waals surface area contributed by atoms with Crippen molar-refractivity contribution in [2.24, 2.45) is 5.92 Å². The molecule has 0 radical (unpaired) electrons. The summed E-state index contributed by atoms with van der Waals surface area (Å²) < 4.78 is 0. The average molecular weight is 377 g/mol. The number of likely N-dealkylation sites (tertiary alicyclic amines) is 1. The molecule has 2 aliphatic heterocycles. The van der Waals surface area contributed by atoms with Gasteiger partial charge in [0.05, 0.1) is 12.5 Å². The van der Waals surface area contributed by atoms with E-state index < -0.39 is 0 Å². The molecular formula is C23H27N3O2. The molecule has 1 N–H and O–H groups in total. The molecule has 0 saturated carbocycles. The highest BCUT2D eigenvalue weighted by atomic mass is 16.2. The molecule has 2 amide bonds. The summed E-state index contributed by atoms with van der Waals surface area (Å²) in [5.41, 5.74) is 3.43. The minimum atomic E-state index is -0.0659. The van der Waals surface area contributed by atoms with Crippen LogP contribution < -0.4 is 5.32 Å². The SMILES string of the molecule is O=C(Nc1ccccc1)[C@@H]1CCCN(CC(=O)N2CCc3ccccc3C2)C1. The summed E-state index contributed by atoms with van der Waals surface area (Å²) in [5.74, 6) is 0.151. The van der Waals surface area contributed by atoms with Gasteiger partial charge in [0, 0.05) is 25.3 Å². The van der Waals surface area contributed by atoms with Crippen molar-refractivity contribution in [3.05, 3.63) is 65.7 Å². The number of rotatable bonds is 4. The van der Waals surface area contributed by atoms with Crippen molar-refractivity contribution in [1.82, 2.24) is 9.80 Å². The summed E-state index contributed by atoms with van der Waals surface area (Å²) in [5, 5.41) is 3.00. The molecule has 5 heteroatoms. The molecule has 1 fully saturated rings. The molecule has 2 heterocycles. The van der Waals surface area contributed by atoms with Crippen LogP contribution in [0.5, 0.6) is 0 Å². The summed E-state index contributed by atoms with van der Waals surface area (Å²) in [7, 11) is 0. The first-order chi connectivity index (χ1) is 13.7. The molecule has 0 aliphatic carbocycles. The zero-order valence-electron chi connectivity index (χ0n) is 16.1. The first-order valence-corrected chi connectivity index (χ1v) is 10.1. The molecule has 2 aromatic rings. The van der Waals surface area contributed by atoms with Crippen molar-refractivity contribution in [3.8, 4) is 0 Å². The van der Waals surface area contributed by atoms with E-state index >= 15 is 0 Å². The molecule has 0 aromatic heterocycles. The van der Waals surface area contributed by atoms with Gasteiger partial charge < -0.3 is 10.2 Å². The highest BCUT2D eigenvalue weighted by Crippen LogP contribution is 2.21. The van der Waals surface area contributed by atoms with Gasteiger partial charge in [-0.05, 0) is 49.1 Å². The molecule has 146 valence electrons. The van der Waals surface area contributed by atoms with Crippen molar-refractivity contribution in [2.75, 3.05) is 31.5 Å². The Morgan fingerprint density at radius 1 is 0.964 bits per heavy atom. The van der Waals surface area contributed by atoms with E-state index in [-0.39, 0.29) is 17.7 Å². The van der Waals surface area contributed by atoms with E-state index in [1.165, 1.54) is 11.1 Å². The van der Waals surface area contributed by atoms with Gasteiger partial charge in [-0.15, -0.1) is 0 Å². The van der Waals surface area contributed by atoms with E-state index in [9.17, 15) is 9.59 Å². The monoisotopic (exact) mass is 377 g/mol. The number of fused-ring (bicyclic) bond motifs is 1. The average Bonchev–Trinajstić information content (AvgIpc) is 2.74. The van der Waals surface area contributed by atoms with Gasteiger partial charge in [0.2, 0.25) is 11.8 Å². The Morgan fingerprint density at radius 3 is 2.54 bits per heavy atom. The predicted molar refractivity (Wildman–Crippen MR) is 110 cm³/mol. The Balaban J connectivity index is 1.31. The topological polar surface area (TPSA) is 52.7 Å². The van der Waals surface area contributed by atoms with E-state index in [1.54, 1.807) is 0 Å². The molecule has 1 saturated heterocycles. The maximum Gasteiger partial charge on any atom is 0.237 e. The fraction of sp³-hybridized carbons (Fsp3) is 0.391. The number of nitrogens with one attached hydrogen (secondary N) is 1. The van der Waals surface area contributed by atoms with Crippen molar-refractivity contribution < 1.29 is 9.59 Å². The summed E-state index contributed by atoms with van der Waals surface area (Å²) in [6.45, 7) is 3.40. The third-order valence-electron chi connectivity index (χ3n) is 5.76. The number of carbonyl (C=O) groups excluding carboxylic acids is 2. The molecular weight excluding hydrogens is 350 g/mol. The van der Waals surface area contributed by atoms with Crippen LogP contribution in [-0.2, 0) is 22.6 Å². The first kappa shape index (κ1) is 18.7. The maximum atomic E-state index is 12.8. The third kappa shape index (κ3) is 4.42. The lowest BCUT2D eigenvalue weighted by molar-refractivity contribution is -0.134. The minimum Gasteiger partial charge on any atom is -0.337 e. The Morgan fingerprint density at radius 2 is 1.71 bits per heavy atom. The van der Waals surface area contributed by atoms with Gasteiger partial charge in [-0.3, -0.25) is 14.5 Å². The smallest absolute Gasteiger partial charge is 0.237 e. The van der Waals surface area contributed by atoms with Crippen LogP contribution in [0.1, 0.15) is 24.0 Å². The van der Waals surface area contributed by atoms with Crippen LogP contribution in [0.4, 0.5) is 5.69 Å². The van der Waals surface area contributed by atoms with E-state index in [0.717, 1.165) is 38.0 Å². The van der Waals surface area contributed by atoms with E-state index in [2.05, 4.69) is 28.4 Å². The number of para-hydroxylation sites is 1. The largest absolute Gasteiger partial charge is 0.337 e. The lowest BCUT2D eigenvalue weighted by Crippen LogP contribution is -2.47. The van der Waals surface area contributed by atoms with Gasteiger partial charge >= 0.3 is 0 Å². The number of amides is 2. The number of hydrogen-bond acceptors (Lipinski definition) is 3. The van der Waals surface area contributed by atoms with Crippen LogP contribution in [0.3, 0.4) is 0 Å². The van der Waals surface area contributed by atoms with Crippen molar-refractivity contribution in [1.29, 1.82) is 0 Å². The Labute approximate surface area is 166 Å². The Kier molecular flexibility index (Phi) is 5.72. The second-order valence-corrected chi connectivity index (χ2v) is 7.76. The van der Waals surface area contributed by atoms with Gasteiger partial charge in [-0.25, -0.2) is 0 Å². The number of anilines is 1. The van der Waals surface area contributed by atoms with E-state index in [4.69, 9.17) is 0 Å². The van der Waals surface area contributed by atoms with Crippen molar-refractivity contribution >= 4 is 17.5 Å². The van der Waals surface area contributed by atoms with Crippen LogP contribution in [0.15, 0.2) is 54.6 Å². The van der Waals surface area contributed by atoms with E-state index in [1.807, 2.05) is 41.3 Å². The van der Waals surface area contributed by atoms with Gasteiger partial charge in [-0.1, -0.05) is 42.5 Å². The zero-order chi connectivity index (χ0) is 19.3. The number of carbonyl (C=O) groups is 2. The van der Waals surface area contributed by atoms with Crippen LogP contribution in [0.25, 0.3) is 0 Å². The quantitative estimate of drug-likeness (QED) is 0.891. The molecule has 0 spiro atoms. The molecule has 4 rings (SSSR count). The molecule has 1 atom stereocenters. The number of nitrogens with zero attached hydrogens (tertiary/aromatic N) is 2. The molecule has 0 unspecified atom stereocenters. The number of benzene rings is 2. The minimum absolute atomic E-state index is 0.0512. The predicted octanol–water partition coefficient (Wildman–Crippen LogP) is 2.92. The zero-order valence-corrected chi connectivity index (χ0v) is 16.1.